The summed E-state index contributed by atoms with van der Waals surface area (Å²) in [7, 11) is 0. The first-order valence-electron chi connectivity index (χ1n) is 13.0. The van der Waals surface area contributed by atoms with Crippen LogP contribution < -0.4 is 4.74 Å². The van der Waals surface area contributed by atoms with E-state index in [1.54, 1.807) is 6.08 Å². The molecule has 0 aliphatic heterocycles. The Kier molecular flexibility index (Phi) is 9.46. The molecule has 1 aliphatic rings. The lowest BCUT2D eigenvalue weighted by Gasteiger charge is -2.24. The number of carbonyl (C=O) groups is 2. The number of allylic oxidation sites excluding steroid dienone is 1. The smallest absolute Gasteiger partial charge is 0.347 e. The summed E-state index contributed by atoms with van der Waals surface area (Å²) in [5.74, 6) is 1.54. The van der Waals surface area contributed by atoms with Crippen molar-refractivity contribution in [1.29, 1.82) is 0 Å². The lowest BCUT2D eigenvalue weighted by atomic mass is 9.88. The molecular formula is C31H40O4S. The lowest BCUT2D eigenvalue weighted by molar-refractivity contribution is -0.152. The fourth-order valence-electron chi connectivity index (χ4n) is 4.93. The predicted molar refractivity (Wildman–Crippen MR) is 149 cm³/mol. The monoisotopic (exact) mass is 508 g/mol. The molecule has 2 aromatic carbocycles. The number of aryl methyl sites for hydroxylation is 4. The van der Waals surface area contributed by atoms with E-state index in [0.29, 0.717) is 11.3 Å². The second kappa shape index (κ2) is 12.1. The molecule has 0 bridgehead atoms. The molecule has 36 heavy (non-hydrogen) atoms. The zero-order chi connectivity index (χ0) is 26.5. The molecule has 1 aliphatic carbocycles. The Bertz CT molecular complexity index is 1090. The van der Waals surface area contributed by atoms with E-state index in [2.05, 4.69) is 13.8 Å². The zero-order valence-corrected chi connectivity index (χ0v) is 23.4. The number of ketones is 1. The molecule has 0 aromatic heterocycles. The van der Waals surface area contributed by atoms with Crippen molar-refractivity contribution in [2.75, 3.05) is 5.75 Å². The summed E-state index contributed by atoms with van der Waals surface area (Å²) in [5, 5.41) is 9.37. The number of benzene rings is 2. The Balaban J connectivity index is 1.67. The number of hydrogen-bond acceptors (Lipinski definition) is 4. The van der Waals surface area contributed by atoms with E-state index in [9.17, 15) is 14.7 Å². The van der Waals surface area contributed by atoms with Gasteiger partial charge in [-0.05, 0) is 118 Å². The van der Waals surface area contributed by atoms with Crippen LogP contribution in [0.5, 0.6) is 5.75 Å². The number of thioether (sulfide) groups is 1. The van der Waals surface area contributed by atoms with Crippen molar-refractivity contribution in [3.8, 4) is 5.75 Å². The normalized spacial score (nSPS) is 14.8. The predicted octanol–water partition coefficient (Wildman–Crippen LogP) is 8.12. The number of aliphatic carboxylic acids is 1. The minimum atomic E-state index is -1.32. The molecule has 3 rings (SSSR count). The maximum absolute atomic E-state index is 13.0. The molecule has 4 nitrogen and oxygen atoms in total. The minimum Gasteiger partial charge on any atom is -0.478 e. The third kappa shape index (κ3) is 7.25. The van der Waals surface area contributed by atoms with Crippen LogP contribution in [-0.2, 0) is 4.79 Å². The topological polar surface area (TPSA) is 63.6 Å². The summed E-state index contributed by atoms with van der Waals surface area (Å²) in [4.78, 5) is 25.7. The molecular weight excluding hydrogens is 468 g/mol. The summed E-state index contributed by atoms with van der Waals surface area (Å²) >= 11 is 1.93. The Labute approximate surface area is 220 Å². The van der Waals surface area contributed by atoms with Gasteiger partial charge in [0.15, 0.2) is 11.4 Å². The van der Waals surface area contributed by atoms with Crippen LogP contribution >= 0.6 is 11.8 Å². The van der Waals surface area contributed by atoms with Crippen molar-refractivity contribution in [2.24, 2.45) is 5.92 Å². The maximum Gasteiger partial charge on any atom is 0.347 e. The van der Waals surface area contributed by atoms with Crippen molar-refractivity contribution in [2.45, 2.75) is 90.6 Å². The SMILES string of the molecule is Cc1cc(C=CC(=O)c2cc(C)c(SCCC3CCCCC3)c(C)c2)cc(C)c1OC(C)(C)C(=O)O. The van der Waals surface area contributed by atoms with Crippen molar-refractivity contribution in [3.05, 3.63) is 63.7 Å². The minimum absolute atomic E-state index is 0.0254. The third-order valence-corrected chi connectivity index (χ3v) is 8.40. The van der Waals surface area contributed by atoms with Crippen LogP contribution in [0, 0.1) is 33.6 Å². The molecule has 0 heterocycles. The fourth-order valence-corrected chi connectivity index (χ4v) is 6.16. The van der Waals surface area contributed by atoms with E-state index in [1.807, 2.05) is 56.0 Å². The van der Waals surface area contributed by atoms with E-state index < -0.39 is 11.6 Å². The number of carbonyl (C=O) groups excluding carboxylic acids is 1. The van der Waals surface area contributed by atoms with Gasteiger partial charge in [-0.2, -0.15) is 0 Å². The molecule has 0 spiro atoms. The average molecular weight is 509 g/mol. The lowest BCUT2D eigenvalue weighted by Crippen LogP contribution is -2.38. The number of rotatable bonds is 10. The number of ether oxygens (including phenoxy) is 1. The Morgan fingerprint density at radius 3 is 2.11 bits per heavy atom. The molecule has 0 amide bonds. The van der Waals surface area contributed by atoms with Crippen LogP contribution in [-0.4, -0.2) is 28.2 Å². The van der Waals surface area contributed by atoms with Crippen molar-refractivity contribution < 1.29 is 19.4 Å². The highest BCUT2D eigenvalue weighted by Gasteiger charge is 2.30. The van der Waals surface area contributed by atoms with E-state index in [1.165, 1.54) is 57.3 Å². The van der Waals surface area contributed by atoms with Crippen LogP contribution in [0.25, 0.3) is 6.08 Å². The van der Waals surface area contributed by atoms with Crippen LogP contribution in [0.4, 0.5) is 0 Å². The average Bonchev–Trinajstić information content (AvgIpc) is 2.82. The highest BCUT2D eigenvalue weighted by atomic mass is 32.2. The van der Waals surface area contributed by atoms with Gasteiger partial charge in [0.05, 0.1) is 0 Å². The molecule has 0 radical (unpaired) electrons. The van der Waals surface area contributed by atoms with Gasteiger partial charge in [-0.25, -0.2) is 4.79 Å². The van der Waals surface area contributed by atoms with Crippen LogP contribution in [0.3, 0.4) is 0 Å². The van der Waals surface area contributed by atoms with Gasteiger partial charge in [-0.15, -0.1) is 11.8 Å². The van der Waals surface area contributed by atoms with E-state index in [4.69, 9.17) is 4.74 Å². The van der Waals surface area contributed by atoms with Gasteiger partial charge >= 0.3 is 5.97 Å². The van der Waals surface area contributed by atoms with Gasteiger partial charge in [0.25, 0.3) is 0 Å². The summed E-state index contributed by atoms with van der Waals surface area (Å²) in [5.41, 5.74) is 4.25. The molecule has 5 heteroatoms. The number of hydrogen-bond donors (Lipinski definition) is 1. The molecule has 0 saturated heterocycles. The largest absolute Gasteiger partial charge is 0.478 e. The van der Waals surface area contributed by atoms with E-state index in [-0.39, 0.29) is 5.78 Å². The first-order chi connectivity index (χ1) is 17.0. The number of carboxylic acids is 1. The summed E-state index contributed by atoms with van der Waals surface area (Å²) in [6.45, 7) is 11.0. The molecule has 1 saturated carbocycles. The number of carboxylic acid groups (broad SMARTS) is 1. The molecule has 194 valence electrons. The van der Waals surface area contributed by atoms with Crippen molar-refractivity contribution in [1.82, 2.24) is 0 Å². The van der Waals surface area contributed by atoms with Crippen LogP contribution in [0.2, 0.25) is 0 Å². The summed E-state index contributed by atoms with van der Waals surface area (Å²) < 4.78 is 5.78. The second-order valence-corrected chi connectivity index (χ2v) is 11.8. The third-order valence-electron chi connectivity index (χ3n) is 7.02. The standard InChI is InChI=1S/C31H40O4S/c1-20-16-25(17-21(2)28(20)35-31(5,6)30(33)34)12-13-27(32)26-18-22(3)29(23(4)19-26)36-15-14-24-10-8-7-9-11-24/h12-13,16-19,24H,7-11,14-15H2,1-6H3,(H,33,34). The Morgan fingerprint density at radius 2 is 1.56 bits per heavy atom. The van der Waals surface area contributed by atoms with Gasteiger partial charge in [0, 0.05) is 10.5 Å². The summed E-state index contributed by atoms with van der Waals surface area (Å²) in [6, 6.07) is 7.83. The fraction of sp³-hybridized carbons (Fsp3) is 0.484. The van der Waals surface area contributed by atoms with Gasteiger partial charge in [-0.3, -0.25) is 4.79 Å². The van der Waals surface area contributed by atoms with Gasteiger partial charge in [0.2, 0.25) is 0 Å². The van der Waals surface area contributed by atoms with E-state index in [0.717, 1.165) is 39.5 Å². The maximum atomic E-state index is 13.0. The van der Waals surface area contributed by atoms with Crippen LogP contribution in [0.1, 0.15) is 90.5 Å². The van der Waals surface area contributed by atoms with Crippen LogP contribution in [0.15, 0.2) is 35.2 Å². The van der Waals surface area contributed by atoms with Crippen molar-refractivity contribution in [3.63, 3.8) is 0 Å². The second-order valence-electron chi connectivity index (χ2n) is 10.7. The van der Waals surface area contributed by atoms with Gasteiger partial charge in [-0.1, -0.05) is 38.2 Å². The molecule has 1 N–H and O–H groups in total. The van der Waals surface area contributed by atoms with Gasteiger partial charge < -0.3 is 9.84 Å². The van der Waals surface area contributed by atoms with E-state index >= 15 is 0 Å². The quantitative estimate of drug-likeness (QED) is 0.199. The Morgan fingerprint density at radius 1 is 0.972 bits per heavy atom. The van der Waals surface area contributed by atoms with Crippen molar-refractivity contribution >= 4 is 29.6 Å². The zero-order valence-electron chi connectivity index (χ0n) is 22.6. The highest BCUT2D eigenvalue weighted by molar-refractivity contribution is 7.99. The first-order valence-corrected chi connectivity index (χ1v) is 14.0. The first kappa shape index (κ1) is 28.0. The molecule has 2 aromatic rings. The summed E-state index contributed by atoms with van der Waals surface area (Å²) in [6.07, 6.45) is 11.6. The highest BCUT2D eigenvalue weighted by Crippen LogP contribution is 2.33. The molecule has 0 unspecified atom stereocenters. The van der Waals surface area contributed by atoms with Gasteiger partial charge in [0.1, 0.15) is 5.75 Å². The Hall–Kier alpha value is -2.53. The molecule has 1 fully saturated rings. The molecule has 0 atom stereocenters.